The molecule has 0 atom stereocenters. The fourth-order valence-corrected chi connectivity index (χ4v) is 1.71. The van der Waals surface area contributed by atoms with E-state index in [9.17, 15) is 9.18 Å². The van der Waals surface area contributed by atoms with Gasteiger partial charge in [-0.15, -0.1) is 0 Å². The Morgan fingerprint density at radius 2 is 1.63 bits per heavy atom. The summed E-state index contributed by atoms with van der Waals surface area (Å²) in [6.07, 6.45) is 0.867. The van der Waals surface area contributed by atoms with Gasteiger partial charge in [0.2, 0.25) is 0 Å². The molecule has 0 heterocycles. The van der Waals surface area contributed by atoms with Crippen molar-refractivity contribution in [2.45, 2.75) is 19.4 Å². The van der Waals surface area contributed by atoms with Crippen LogP contribution >= 0.6 is 0 Å². The molecule has 0 aliphatic rings. The van der Waals surface area contributed by atoms with E-state index in [-0.39, 0.29) is 11.8 Å². The van der Waals surface area contributed by atoms with Gasteiger partial charge < -0.3 is 4.74 Å². The zero-order chi connectivity index (χ0) is 13.5. The number of aryl methyl sites for hydroxylation is 1. The molecule has 0 spiro atoms. The number of ether oxygens (including phenoxy) is 1. The lowest BCUT2D eigenvalue weighted by Gasteiger charge is -2.05. The Morgan fingerprint density at radius 1 is 0.947 bits per heavy atom. The average molecular weight is 257 g/mol. The van der Waals surface area contributed by atoms with Crippen molar-refractivity contribution in [1.82, 2.24) is 0 Å². The summed E-state index contributed by atoms with van der Waals surface area (Å²) in [5.74, 6) is -0.511. The van der Waals surface area contributed by atoms with Crippen molar-refractivity contribution >= 4 is 5.97 Å². The zero-order valence-electron chi connectivity index (χ0n) is 10.5. The van der Waals surface area contributed by atoms with Gasteiger partial charge in [-0.25, -0.2) is 4.39 Å². The molecule has 3 heteroatoms. The Morgan fingerprint density at radius 3 is 2.32 bits per heavy atom. The minimum atomic E-state index is -0.268. The predicted molar refractivity (Wildman–Crippen MR) is 71.0 cm³/mol. The highest BCUT2D eigenvalue weighted by Gasteiger charge is 2.04. The van der Waals surface area contributed by atoms with E-state index in [4.69, 9.17) is 4.74 Å². The van der Waals surface area contributed by atoms with Gasteiger partial charge in [0.05, 0.1) is 0 Å². The van der Waals surface area contributed by atoms with E-state index in [1.165, 1.54) is 12.1 Å². The maximum absolute atomic E-state index is 12.7. The van der Waals surface area contributed by atoms with Gasteiger partial charge >= 0.3 is 5.97 Å². The fourth-order valence-electron chi connectivity index (χ4n) is 1.71. The summed E-state index contributed by atoms with van der Waals surface area (Å²) in [6, 6.07) is 15.7. The van der Waals surface area contributed by atoms with E-state index in [1.807, 2.05) is 30.3 Å². The van der Waals surface area contributed by atoms with Crippen molar-refractivity contribution in [3.63, 3.8) is 0 Å². The average Bonchev–Trinajstić information content (AvgIpc) is 2.45. The number of carbonyl (C=O) groups is 1. The predicted octanol–water partition coefficient (Wildman–Crippen LogP) is 3.50. The van der Waals surface area contributed by atoms with Crippen LogP contribution in [-0.4, -0.2) is 5.97 Å². The van der Waals surface area contributed by atoms with Crippen LogP contribution in [0.4, 0.5) is 4.39 Å². The molecule has 0 radical (unpaired) electrons. The molecule has 19 heavy (non-hydrogen) atoms. The second-order valence-corrected chi connectivity index (χ2v) is 4.27. The first-order valence-electron chi connectivity index (χ1n) is 6.18. The molecule has 98 valence electrons. The van der Waals surface area contributed by atoms with E-state index in [1.54, 1.807) is 12.1 Å². The lowest BCUT2D eigenvalue weighted by molar-refractivity contribution is -0.144. The van der Waals surface area contributed by atoms with E-state index < -0.39 is 0 Å². The molecule has 0 unspecified atom stereocenters. The quantitative estimate of drug-likeness (QED) is 0.766. The summed E-state index contributed by atoms with van der Waals surface area (Å²) < 4.78 is 17.9. The molecule has 0 aliphatic carbocycles. The van der Waals surface area contributed by atoms with Gasteiger partial charge in [-0.3, -0.25) is 4.79 Å². The molecule has 0 saturated heterocycles. The third-order valence-electron chi connectivity index (χ3n) is 2.77. The summed E-state index contributed by atoms with van der Waals surface area (Å²) in [5.41, 5.74) is 1.90. The lowest BCUT2D eigenvalue weighted by Crippen LogP contribution is -2.05. The topological polar surface area (TPSA) is 26.3 Å². The first-order valence-corrected chi connectivity index (χ1v) is 6.18. The summed E-state index contributed by atoms with van der Waals surface area (Å²) in [7, 11) is 0. The highest BCUT2D eigenvalue weighted by Crippen LogP contribution is 2.07. The van der Waals surface area contributed by atoms with Crippen molar-refractivity contribution in [2.75, 3.05) is 0 Å². The lowest BCUT2D eigenvalue weighted by atomic mass is 10.1. The van der Waals surface area contributed by atoms with Crippen LogP contribution in [0.15, 0.2) is 54.6 Å². The number of hydrogen-bond acceptors (Lipinski definition) is 2. The SMILES string of the molecule is O=C(CCc1ccc([18F])cc1)OCc1ccccc1. The summed E-state index contributed by atoms with van der Waals surface area (Å²) in [4.78, 5) is 11.6. The van der Waals surface area contributed by atoms with Crippen LogP contribution in [0, 0.1) is 5.82 Å². The summed E-state index contributed by atoms with van der Waals surface area (Å²) in [6.45, 7) is 0.295. The van der Waals surface area contributed by atoms with E-state index in [2.05, 4.69) is 0 Å². The second kappa shape index (κ2) is 6.69. The highest BCUT2D eigenvalue weighted by atomic mass is 18.2. The van der Waals surface area contributed by atoms with E-state index in [0.29, 0.717) is 19.4 Å². The van der Waals surface area contributed by atoms with Gasteiger partial charge in [0, 0.05) is 6.42 Å². The monoisotopic (exact) mass is 257 g/mol. The normalized spacial score (nSPS) is 10.2. The van der Waals surface area contributed by atoms with E-state index in [0.717, 1.165) is 11.1 Å². The van der Waals surface area contributed by atoms with Gasteiger partial charge in [-0.05, 0) is 29.7 Å². The molecule has 0 bridgehead atoms. The Labute approximate surface area is 111 Å². The molecule has 2 aromatic rings. The molecule has 0 aromatic heterocycles. The molecule has 0 fully saturated rings. The third kappa shape index (κ3) is 4.54. The van der Waals surface area contributed by atoms with Crippen LogP contribution < -0.4 is 0 Å². The highest BCUT2D eigenvalue weighted by molar-refractivity contribution is 5.69. The van der Waals surface area contributed by atoms with Gasteiger partial charge in [0.25, 0.3) is 0 Å². The number of rotatable bonds is 5. The van der Waals surface area contributed by atoms with Crippen LogP contribution in [0.1, 0.15) is 17.5 Å². The van der Waals surface area contributed by atoms with Crippen molar-refractivity contribution in [2.24, 2.45) is 0 Å². The smallest absolute Gasteiger partial charge is 0.306 e. The molecule has 0 aliphatic heterocycles. The van der Waals surface area contributed by atoms with Crippen molar-refractivity contribution in [3.05, 3.63) is 71.5 Å². The van der Waals surface area contributed by atoms with Gasteiger partial charge in [0.15, 0.2) is 0 Å². The first kappa shape index (κ1) is 13.3. The Balaban J connectivity index is 1.74. The van der Waals surface area contributed by atoms with Crippen molar-refractivity contribution in [1.29, 1.82) is 0 Å². The molecule has 2 rings (SSSR count). The van der Waals surface area contributed by atoms with Crippen LogP contribution in [0.3, 0.4) is 0 Å². The number of hydrogen-bond donors (Lipinski definition) is 0. The Bertz CT molecular complexity index is 520. The molecular weight excluding hydrogens is 242 g/mol. The first-order chi connectivity index (χ1) is 9.24. The van der Waals surface area contributed by atoms with Crippen LogP contribution in [-0.2, 0) is 22.6 Å². The largest absolute Gasteiger partial charge is 0.461 e. The second-order valence-electron chi connectivity index (χ2n) is 4.27. The zero-order valence-corrected chi connectivity index (χ0v) is 10.5. The van der Waals surface area contributed by atoms with Gasteiger partial charge in [-0.1, -0.05) is 42.5 Å². The Kier molecular flexibility index (Phi) is 4.67. The molecular formula is C16H15FO2. The summed E-state index contributed by atoms with van der Waals surface area (Å²) in [5, 5.41) is 0. The maximum Gasteiger partial charge on any atom is 0.306 e. The molecule has 2 nitrogen and oxygen atoms in total. The van der Waals surface area contributed by atoms with Gasteiger partial charge in [0.1, 0.15) is 12.4 Å². The number of halogens is 1. The number of esters is 1. The van der Waals surface area contributed by atoms with Crippen LogP contribution in [0.25, 0.3) is 0 Å². The van der Waals surface area contributed by atoms with Crippen LogP contribution in [0.2, 0.25) is 0 Å². The fraction of sp³-hybridized carbons (Fsp3) is 0.188. The molecule has 0 amide bonds. The van der Waals surface area contributed by atoms with Crippen molar-refractivity contribution in [3.8, 4) is 0 Å². The van der Waals surface area contributed by atoms with Crippen LogP contribution in [0.5, 0.6) is 0 Å². The number of carbonyl (C=O) groups excluding carboxylic acids is 1. The molecule has 0 saturated carbocycles. The minimum Gasteiger partial charge on any atom is -0.461 e. The van der Waals surface area contributed by atoms with E-state index >= 15 is 0 Å². The minimum absolute atomic E-state index is 0.242. The van der Waals surface area contributed by atoms with Crippen molar-refractivity contribution < 1.29 is 13.9 Å². The molecule has 0 N–H and O–H groups in total. The molecule has 2 aromatic carbocycles. The van der Waals surface area contributed by atoms with Gasteiger partial charge in [-0.2, -0.15) is 0 Å². The third-order valence-corrected chi connectivity index (χ3v) is 2.77. The summed E-state index contributed by atoms with van der Waals surface area (Å²) >= 11 is 0. The standard InChI is InChI=1S/C16H15FO2/c17-15-9-6-13(7-10-15)8-11-16(18)19-12-14-4-2-1-3-5-14/h1-7,9-10H,8,11-12H2/i17-1. The number of benzene rings is 2. The maximum atomic E-state index is 12.7. The Hall–Kier alpha value is -2.16.